The van der Waals surface area contributed by atoms with Crippen LogP contribution in [-0.2, 0) is 11.3 Å². The highest BCUT2D eigenvalue weighted by molar-refractivity contribution is 5.81. The van der Waals surface area contributed by atoms with E-state index >= 15 is 0 Å². The van der Waals surface area contributed by atoms with E-state index < -0.39 is 0 Å². The third-order valence-corrected chi connectivity index (χ3v) is 5.36. The van der Waals surface area contributed by atoms with Crippen molar-refractivity contribution in [3.05, 3.63) is 23.8 Å². The molecule has 5 heteroatoms. The highest BCUT2D eigenvalue weighted by atomic mass is 16.7. The number of ether oxygens (including phenoxy) is 2. The van der Waals surface area contributed by atoms with Crippen molar-refractivity contribution in [3.8, 4) is 11.5 Å². The van der Waals surface area contributed by atoms with Gasteiger partial charge in [-0.1, -0.05) is 25.3 Å². The van der Waals surface area contributed by atoms with E-state index in [0.717, 1.165) is 29.9 Å². The molecular formula is C19H28N2O3. The van der Waals surface area contributed by atoms with Crippen LogP contribution < -0.4 is 9.47 Å². The molecule has 0 bridgehead atoms. The first-order valence-electron chi connectivity index (χ1n) is 8.91. The molecule has 0 spiro atoms. The van der Waals surface area contributed by atoms with Crippen LogP contribution in [0.4, 0.5) is 0 Å². The van der Waals surface area contributed by atoms with Gasteiger partial charge in [0.05, 0.1) is 6.04 Å². The molecule has 1 heterocycles. The molecule has 2 aliphatic rings. The van der Waals surface area contributed by atoms with Gasteiger partial charge in [0, 0.05) is 19.6 Å². The Labute approximate surface area is 144 Å². The molecule has 5 nitrogen and oxygen atoms in total. The van der Waals surface area contributed by atoms with E-state index in [0.29, 0.717) is 12.6 Å². The second-order valence-electron chi connectivity index (χ2n) is 7.02. The lowest BCUT2D eigenvalue weighted by molar-refractivity contribution is -0.137. The number of hydrogen-bond donors (Lipinski definition) is 0. The smallest absolute Gasteiger partial charge is 0.239 e. The molecule has 1 aliphatic heterocycles. The van der Waals surface area contributed by atoms with Gasteiger partial charge in [-0.25, -0.2) is 0 Å². The zero-order valence-corrected chi connectivity index (χ0v) is 15.0. The standard InChI is InChI=1S/C19H28N2O3/c1-14(19(22)21(3)16-7-5-4-6-8-16)20(2)12-15-9-10-17-18(11-15)24-13-23-17/h9-11,14,16H,4-8,12-13H2,1-3H3. The van der Waals surface area contributed by atoms with Gasteiger partial charge in [-0.3, -0.25) is 9.69 Å². The lowest BCUT2D eigenvalue weighted by Gasteiger charge is -2.35. The van der Waals surface area contributed by atoms with Crippen molar-refractivity contribution in [2.75, 3.05) is 20.9 Å². The number of amides is 1. The van der Waals surface area contributed by atoms with Crippen LogP contribution in [-0.4, -0.2) is 48.7 Å². The SMILES string of the molecule is CC(C(=O)N(C)C1CCCCC1)N(C)Cc1ccc2c(c1)OCO2. The van der Waals surface area contributed by atoms with Crippen LogP contribution in [0.3, 0.4) is 0 Å². The second-order valence-corrected chi connectivity index (χ2v) is 7.02. The van der Waals surface area contributed by atoms with Crippen LogP contribution in [0.2, 0.25) is 0 Å². The Morgan fingerprint density at radius 1 is 1.17 bits per heavy atom. The topological polar surface area (TPSA) is 42.0 Å². The second kappa shape index (κ2) is 7.43. The molecule has 24 heavy (non-hydrogen) atoms. The molecule has 0 radical (unpaired) electrons. The molecule has 0 aromatic heterocycles. The van der Waals surface area contributed by atoms with Gasteiger partial charge in [0.2, 0.25) is 12.7 Å². The van der Waals surface area contributed by atoms with E-state index in [1.807, 2.05) is 44.1 Å². The monoisotopic (exact) mass is 332 g/mol. The van der Waals surface area contributed by atoms with Gasteiger partial charge >= 0.3 is 0 Å². The first kappa shape index (κ1) is 17.1. The van der Waals surface area contributed by atoms with Crippen molar-refractivity contribution in [2.24, 2.45) is 0 Å². The Balaban J connectivity index is 1.59. The minimum absolute atomic E-state index is 0.137. The summed E-state index contributed by atoms with van der Waals surface area (Å²) in [5.74, 6) is 1.80. The largest absolute Gasteiger partial charge is 0.454 e. The van der Waals surface area contributed by atoms with Crippen molar-refractivity contribution < 1.29 is 14.3 Å². The maximum atomic E-state index is 12.8. The number of carbonyl (C=O) groups is 1. The fourth-order valence-corrected chi connectivity index (χ4v) is 3.60. The number of likely N-dealkylation sites (N-methyl/N-ethyl adjacent to an activating group) is 2. The van der Waals surface area contributed by atoms with Gasteiger partial charge in [0.15, 0.2) is 11.5 Å². The number of hydrogen-bond acceptors (Lipinski definition) is 4. The maximum absolute atomic E-state index is 12.8. The lowest BCUT2D eigenvalue weighted by Crippen LogP contribution is -2.48. The van der Waals surface area contributed by atoms with Gasteiger partial charge in [-0.05, 0) is 44.5 Å². The predicted octanol–water partition coefficient (Wildman–Crippen LogP) is 3.03. The Morgan fingerprint density at radius 3 is 2.62 bits per heavy atom. The summed E-state index contributed by atoms with van der Waals surface area (Å²) in [5.41, 5.74) is 1.13. The van der Waals surface area contributed by atoms with E-state index in [-0.39, 0.29) is 18.7 Å². The summed E-state index contributed by atoms with van der Waals surface area (Å²) in [7, 11) is 3.96. The molecular weight excluding hydrogens is 304 g/mol. The van der Waals surface area contributed by atoms with E-state index in [4.69, 9.17) is 9.47 Å². The van der Waals surface area contributed by atoms with Crippen LogP contribution in [0.15, 0.2) is 18.2 Å². The van der Waals surface area contributed by atoms with Gasteiger partial charge in [0.1, 0.15) is 0 Å². The number of rotatable bonds is 5. The van der Waals surface area contributed by atoms with Gasteiger partial charge in [-0.15, -0.1) is 0 Å². The zero-order chi connectivity index (χ0) is 17.1. The molecule has 1 aromatic carbocycles. The van der Waals surface area contributed by atoms with Crippen LogP contribution >= 0.6 is 0 Å². The summed E-state index contributed by atoms with van der Waals surface area (Å²) in [6, 6.07) is 6.24. The fraction of sp³-hybridized carbons (Fsp3) is 0.632. The molecule has 1 saturated carbocycles. The molecule has 3 rings (SSSR count). The fourth-order valence-electron chi connectivity index (χ4n) is 3.60. The van der Waals surface area contributed by atoms with Crippen molar-refractivity contribution in [1.82, 2.24) is 9.80 Å². The van der Waals surface area contributed by atoms with Crippen molar-refractivity contribution >= 4 is 5.91 Å². The summed E-state index contributed by atoms with van der Waals surface area (Å²) in [4.78, 5) is 16.9. The first-order valence-corrected chi connectivity index (χ1v) is 8.91. The minimum atomic E-state index is -0.137. The summed E-state index contributed by atoms with van der Waals surface area (Å²) in [6.07, 6.45) is 6.06. The molecule has 0 N–H and O–H groups in total. The summed E-state index contributed by atoms with van der Waals surface area (Å²) < 4.78 is 10.8. The predicted molar refractivity (Wildman–Crippen MR) is 93.1 cm³/mol. The number of benzene rings is 1. The zero-order valence-electron chi connectivity index (χ0n) is 15.0. The molecule has 1 amide bonds. The molecule has 1 aliphatic carbocycles. The van der Waals surface area contributed by atoms with E-state index in [1.165, 1.54) is 19.3 Å². The Kier molecular flexibility index (Phi) is 5.29. The molecule has 1 atom stereocenters. The number of fused-ring (bicyclic) bond motifs is 1. The van der Waals surface area contributed by atoms with Crippen LogP contribution in [0.5, 0.6) is 11.5 Å². The average Bonchev–Trinajstić information content (AvgIpc) is 3.08. The van der Waals surface area contributed by atoms with Gasteiger partial charge in [0.25, 0.3) is 0 Å². The number of nitrogens with zero attached hydrogens (tertiary/aromatic N) is 2. The van der Waals surface area contributed by atoms with Gasteiger partial charge in [-0.2, -0.15) is 0 Å². The lowest BCUT2D eigenvalue weighted by atomic mass is 9.94. The Hall–Kier alpha value is -1.75. The van der Waals surface area contributed by atoms with E-state index in [1.54, 1.807) is 0 Å². The summed E-state index contributed by atoms with van der Waals surface area (Å²) in [6.45, 7) is 2.99. The van der Waals surface area contributed by atoms with Crippen molar-refractivity contribution in [3.63, 3.8) is 0 Å². The quantitative estimate of drug-likeness (QED) is 0.831. The molecule has 1 fully saturated rings. The first-order chi connectivity index (χ1) is 11.6. The van der Waals surface area contributed by atoms with Crippen molar-refractivity contribution in [1.29, 1.82) is 0 Å². The maximum Gasteiger partial charge on any atom is 0.239 e. The highest BCUT2D eigenvalue weighted by Gasteiger charge is 2.27. The summed E-state index contributed by atoms with van der Waals surface area (Å²) in [5, 5.41) is 0. The molecule has 132 valence electrons. The van der Waals surface area contributed by atoms with Crippen molar-refractivity contribution in [2.45, 2.75) is 57.7 Å². The number of carbonyl (C=O) groups excluding carboxylic acids is 1. The van der Waals surface area contributed by atoms with Crippen LogP contribution in [0, 0.1) is 0 Å². The Bertz CT molecular complexity index is 584. The molecule has 0 saturated heterocycles. The third-order valence-electron chi connectivity index (χ3n) is 5.36. The average molecular weight is 332 g/mol. The van der Waals surface area contributed by atoms with E-state index in [2.05, 4.69) is 4.90 Å². The van der Waals surface area contributed by atoms with Gasteiger partial charge < -0.3 is 14.4 Å². The molecule has 1 unspecified atom stereocenters. The third kappa shape index (κ3) is 3.66. The van der Waals surface area contributed by atoms with Crippen LogP contribution in [0.25, 0.3) is 0 Å². The highest BCUT2D eigenvalue weighted by Crippen LogP contribution is 2.33. The van der Waals surface area contributed by atoms with E-state index in [9.17, 15) is 4.79 Å². The minimum Gasteiger partial charge on any atom is -0.454 e. The Morgan fingerprint density at radius 2 is 1.88 bits per heavy atom. The normalized spacial score (nSPS) is 18.7. The van der Waals surface area contributed by atoms with Crippen LogP contribution in [0.1, 0.15) is 44.6 Å². The molecule has 1 aromatic rings. The summed E-state index contributed by atoms with van der Waals surface area (Å²) >= 11 is 0.